The van der Waals surface area contributed by atoms with Crippen molar-refractivity contribution in [3.63, 3.8) is 0 Å². The van der Waals surface area contributed by atoms with Crippen molar-refractivity contribution in [1.29, 1.82) is 0 Å². The minimum absolute atomic E-state index is 0.361. The van der Waals surface area contributed by atoms with Gasteiger partial charge in [0.15, 0.2) is 0 Å². The molecule has 2 N–H and O–H groups in total. The lowest BCUT2D eigenvalue weighted by Gasteiger charge is -2.44. The van der Waals surface area contributed by atoms with Crippen molar-refractivity contribution in [2.45, 2.75) is 164 Å². The molecule has 0 aromatic heterocycles. The second-order valence-electron chi connectivity index (χ2n) is 16.5. The highest BCUT2D eigenvalue weighted by Crippen LogP contribution is 2.46. The lowest BCUT2D eigenvalue weighted by molar-refractivity contribution is 0.102. The SMILES string of the molecule is CC1=NC2CC(C3CCC4C(C3)N=C(C3CCCCC3)N4CC3CCC(S(=O)(=O)O)CC3)CCC2N1CC1CCC(S(=O)(=O)O)CC1. The molecule has 0 radical (unpaired) electrons. The van der Waals surface area contributed by atoms with Gasteiger partial charge in [-0.2, -0.15) is 16.8 Å². The Kier molecular flexibility index (Phi) is 10.1. The van der Waals surface area contributed by atoms with Gasteiger partial charge in [0, 0.05) is 19.0 Å². The number of amidine groups is 2. The topological polar surface area (TPSA) is 140 Å². The zero-order valence-corrected chi connectivity index (χ0v) is 30.0. The van der Waals surface area contributed by atoms with Crippen LogP contribution in [-0.2, 0) is 20.2 Å². The van der Waals surface area contributed by atoms with Crippen LogP contribution >= 0.6 is 0 Å². The Hall–Kier alpha value is -1.24. The van der Waals surface area contributed by atoms with Crippen LogP contribution in [0.3, 0.4) is 0 Å². The Bertz CT molecular complexity index is 1400. The fraction of sp³-hybridized carbons (Fsp3) is 0.943. The van der Waals surface area contributed by atoms with Crippen molar-refractivity contribution < 1.29 is 25.9 Å². The van der Waals surface area contributed by atoms with Crippen LogP contribution in [0.4, 0.5) is 0 Å². The minimum Gasteiger partial charge on any atom is -0.355 e. The summed E-state index contributed by atoms with van der Waals surface area (Å²) >= 11 is 0. The Morgan fingerprint density at radius 2 is 1.06 bits per heavy atom. The van der Waals surface area contributed by atoms with E-state index < -0.39 is 30.7 Å². The van der Waals surface area contributed by atoms with Gasteiger partial charge in [0.2, 0.25) is 0 Å². The maximum Gasteiger partial charge on any atom is 0.267 e. The van der Waals surface area contributed by atoms with Gasteiger partial charge in [0.05, 0.1) is 40.5 Å². The van der Waals surface area contributed by atoms with Gasteiger partial charge < -0.3 is 9.80 Å². The average Bonchev–Trinajstić information content (AvgIpc) is 3.56. The van der Waals surface area contributed by atoms with Crippen LogP contribution in [-0.4, -0.2) is 95.2 Å². The maximum atomic E-state index is 11.7. The van der Waals surface area contributed by atoms with Gasteiger partial charge in [-0.1, -0.05) is 19.3 Å². The van der Waals surface area contributed by atoms with Crippen LogP contribution in [0.1, 0.15) is 129 Å². The molecule has 2 heterocycles. The Morgan fingerprint density at radius 1 is 0.596 bits per heavy atom. The van der Waals surface area contributed by atoms with Crippen molar-refractivity contribution in [1.82, 2.24) is 9.80 Å². The quantitative estimate of drug-likeness (QED) is 0.296. The highest BCUT2D eigenvalue weighted by atomic mass is 32.2. The van der Waals surface area contributed by atoms with Crippen molar-refractivity contribution in [2.75, 3.05) is 13.1 Å². The highest BCUT2D eigenvalue weighted by Gasteiger charge is 2.48. The first kappa shape index (κ1) is 34.2. The van der Waals surface area contributed by atoms with Crippen molar-refractivity contribution in [2.24, 2.45) is 39.6 Å². The molecule has 2 aliphatic heterocycles. The van der Waals surface area contributed by atoms with Crippen LogP contribution in [0.2, 0.25) is 0 Å². The summed E-state index contributed by atoms with van der Waals surface area (Å²) < 4.78 is 65.8. The molecule has 6 unspecified atom stereocenters. The largest absolute Gasteiger partial charge is 0.355 e. The molecular weight excluding hydrogens is 637 g/mol. The van der Waals surface area contributed by atoms with E-state index in [1.54, 1.807) is 0 Å². The van der Waals surface area contributed by atoms with Crippen molar-refractivity contribution >= 4 is 31.9 Å². The molecule has 0 aromatic rings. The summed E-state index contributed by atoms with van der Waals surface area (Å²) in [5.41, 5.74) is 0. The number of rotatable bonds is 8. The summed E-state index contributed by atoms with van der Waals surface area (Å²) in [5, 5.41) is -1.18. The van der Waals surface area contributed by atoms with E-state index in [9.17, 15) is 25.9 Å². The molecule has 5 fully saturated rings. The highest BCUT2D eigenvalue weighted by molar-refractivity contribution is 7.86. The van der Waals surface area contributed by atoms with E-state index in [0.717, 1.165) is 51.0 Å². The predicted octanol–water partition coefficient (Wildman–Crippen LogP) is 5.98. The van der Waals surface area contributed by atoms with E-state index in [1.807, 2.05) is 0 Å². The zero-order valence-electron chi connectivity index (χ0n) is 28.3. The second kappa shape index (κ2) is 13.8. The molecule has 7 aliphatic rings. The van der Waals surface area contributed by atoms with Gasteiger partial charge in [0.25, 0.3) is 20.2 Å². The van der Waals surface area contributed by atoms with Gasteiger partial charge in [-0.05, 0) is 133 Å². The lowest BCUT2D eigenvalue weighted by Crippen LogP contribution is -2.49. The summed E-state index contributed by atoms with van der Waals surface area (Å²) in [6.07, 6.45) is 19.3. The molecule has 6 atom stereocenters. The summed E-state index contributed by atoms with van der Waals surface area (Å²) in [4.78, 5) is 16.0. The molecule has 0 saturated heterocycles. The van der Waals surface area contributed by atoms with E-state index in [4.69, 9.17) is 9.98 Å². The van der Waals surface area contributed by atoms with Gasteiger partial charge in [0.1, 0.15) is 5.84 Å². The molecule has 0 bridgehead atoms. The van der Waals surface area contributed by atoms with E-state index >= 15 is 0 Å². The number of fused-ring (bicyclic) bond motifs is 2. The van der Waals surface area contributed by atoms with Crippen LogP contribution in [0, 0.1) is 29.6 Å². The number of nitrogens with zero attached hydrogens (tertiary/aromatic N) is 4. The Balaban J connectivity index is 0.959. The van der Waals surface area contributed by atoms with Crippen LogP contribution in [0.5, 0.6) is 0 Å². The van der Waals surface area contributed by atoms with E-state index in [2.05, 4.69) is 16.7 Å². The third-order valence-corrected chi connectivity index (χ3v) is 16.4. The fourth-order valence-electron chi connectivity index (χ4n) is 11.1. The molecule has 47 heavy (non-hydrogen) atoms. The predicted molar refractivity (Wildman–Crippen MR) is 185 cm³/mol. The molecule has 0 amide bonds. The van der Waals surface area contributed by atoms with Gasteiger partial charge in [-0.3, -0.25) is 19.1 Å². The van der Waals surface area contributed by atoms with Crippen LogP contribution < -0.4 is 0 Å². The normalized spacial score (nSPS) is 40.5. The molecular formula is C35H58N4O6S2. The molecule has 10 nitrogen and oxygen atoms in total. The summed E-state index contributed by atoms with van der Waals surface area (Å²) in [5.74, 6) is 5.42. The molecule has 12 heteroatoms. The average molecular weight is 695 g/mol. The first-order valence-corrected chi connectivity index (χ1v) is 22.0. The first-order valence-electron chi connectivity index (χ1n) is 19.0. The first-order chi connectivity index (χ1) is 22.4. The molecule has 266 valence electrons. The van der Waals surface area contributed by atoms with Gasteiger partial charge >= 0.3 is 0 Å². The van der Waals surface area contributed by atoms with Crippen molar-refractivity contribution in [3.05, 3.63) is 0 Å². The summed E-state index contributed by atoms with van der Waals surface area (Å²) in [6.45, 7) is 4.11. The standard InChI is InChI=1S/C35H58N4O6S2/c1-23-36-31-19-27(11-17-33(31)38(23)21-24-7-13-29(14-8-24)46(40,41)42)28-12-18-34-32(20-28)37-35(26-5-3-2-4-6-26)39(34)22-25-9-15-30(16-10-25)47(43,44)45/h24-34H,2-22H2,1H3,(H,40,41,42)(H,43,44,45). The third-order valence-electron chi connectivity index (χ3n) is 13.8. The monoisotopic (exact) mass is 694 g/mol. The van der Waals surface area contributed by atoms with Crippen molar-refractivity contribution in [3.8, 4) is 0 Å². The Labute approximate surface area is 283 Å². The van der Waals surface area contributed by atoms with E-state index in [0.29, 0.717) is 79.4 Å². The molecule has 0 aromatic carbocycles. The third kappa shape index (κ3) is 7.46. The van der Waals surface area contributed by atoms with Gasteiger partial charge in [-0.25, -0.2) is 0 Å². The fourth-order valence-corrected chi connectivity index (χ4v) is 12.9. The number of aliphatic imine (C=N–C) groups is 2. The zero-order chi connectivity index (χ0) is 32.9. The number of hydrogen-bond acceptors (Lipinski definition) is 8. The molecule has 5 aliphatic carbocycles. The summed E-state index contributed by atoms with van der Waals surface area (Å²) in [7, 11) is -7.87. The van der Waals surface area contributed by atoms with E-state index in [-0.39, 0.29) is 0 Å². The lowest BCUT2D eigenvalue weighted by atomic mass is 9.69. The second-order valence-corrected chi connectivity index (χ2v) is 19.9. The molecule has 5 saturated carbocycles. The molecule has 0 spiro atoms. The molecule has 7 rings (SSSR count). The number of hydrogen-bond donors (Lipinski definition) is 2. The smallest absolute Gasteiger partial charge is 0.267 e. The van der Waals surface area contributed by atoms with Gasteiger partial charge in [-0.15, -0.1) is 0 Å². The Morgan fingerprint density at radius 3 is 1.57 bits per heavy atom. The van der Waals surface area contributed by atoms with E-state index in [1.165, 1.54) is 70.0 Å². The van der Waals surface area contributed by atoms with Crippen LogP contribution in [0.15, 0.2) is 9.98 Å². The minimum atomic E-state index is -3.94. The summed E-state index contributed by atoms with van der Waals surface area (Å²) in [6, 6.07) is 1.69. The van der Waals surface area contributed by atoms with Crippen LogP contribution in [0.25, 0.3) is 0 Å². The maximum absolute atomic E-state index is 11.7.